The van der Waals surface area contributed by atoms with Crippen LogP contribution in [0.2, 0.25) is 0 Å². The Morgan fingerprint density at radius 3 is 2.50 bits per heavy atom. The van der Waals surface area contributed by atoms with E-state index in [0.29, 0.717) is 0 Å². The van der Waals surface area contributed by atoms with E-state index < -0.39 is 10.3 Å². The first kappa shape index (κ1) is 19.8. The third-order valence-corrected chi connectivity index (χ3v) is 6.44. The monoisotopic (exact) mass is 385 g/mol. The van der Waals surface area contributed by atoms with Crippen molar-refractivity contribution in [3.8, 4) is 0 Å². The lowest BCUT2D eigenvalue weighted by molar-refractivity contribution is -0.134. The molecule has 3 fully saturated rings. The van der Waals surface area contributed by atoms with Gasteiger partial charge in [0, 0.05) is 19.1 Å². The van der Waals surface area contributed by atoms with Crippen LogP contribution in [0.15, 0.2) is 0 Å². The predicted molar refractivity (Wildman–Crippen MR) is 101 cm³/mol. The number of hydrogen-bond donors (Lipinski definition) is 1. The molecule has 7 nitrogen and oxygen atoms in total. The van der Waals surface area contributed by atoms with E-state index in [-0.39, 0.29) is 29.6 Å². The summed E-state index contributed by atoms with van der Waals surface area (Å²) in [6.45, 7) is 4.52. The van der Waals surface area contributed by atoms with Gasteiger partial charge in [-0.1, -0.05) is 12.8 Å². The van der Waals surface area contributed by atoms with Crippen LogP contribution in [-0.2, 0) is 19.8 Å². The largest absolute Gasteiger partial charge is 0.336 e. The van der Waals surface area contributed by atoms with Gasteiger partial charge in [-0.2, -0.15) is 8.42 Å². The smallest absolute Gasteiger partial charge is 0.249 e. The molecular formula is C18H31N3O4S. The number of hydrogen-bond acceptors (Lipinski definition) is 6. The standard InChI is InChI=1S/C18H31N3O4S/c22-17(14-25-18(26(23)24)16-8-2-3-9-19-16)21-12-6-7-15(21)13-20-10-4-1-5-11-20/h15-16,19H,1-14H2. The van der Waals surface area contributed by atoms with Crippen LogP contribution in [0.25, 0.3) is 0 Å². The molecule has 148 valence electrons. The summed E-state index contributed by atoms with van der Waals surface area (Å²) in [4.78, 5) is 17.0. The highest BCUT2D eigenvalue weighted by molar-refractivity contribution is 7.72. The molecule has 2 unspecified atom stereocenters. The van der Waals surface area contributed by atoms with Gasteiger partial charge >= 0.3 is 0 Å². The third kappa shape index (κ3) is 5.28. The molecule has 1 N–H and O–H groups in total. The molecule has 0 saturated carbocycles. The van der Waals surface area contributed by atoms with Crippen molar-refractivity contribution >= 4 is 21.3 Å². The van der Waals surface area contributed by atoms with E-state index in [1.54, 1.807) is 0 Å². The van der Waals surface area contributed by atoms with Gasteiger partial charge in [-0.15, -0.1) is 0 Å². The number of amides is 1. The summed E-state index contributed by atoms with van der Waals surface area (Å²) in [5.41, 5.74) is 0. The fourth-order valence-corrected chi connectivity index (χ4v) is 4.92. The second kappa shape index (κ2) is 9.82. The summed E-state index contributed by atoms with van der Waals surface area (Å²) < 4.78 is 28.5. The minimum atomic E-state index is -2.43. The van der Waals surface area contributed by atoms with Crippen LogP contribution in [0.3, 0.4) is 0 Å². The number of carbonyl (C=O) groups is 1. The summed E-state index contributed by atoms with van der Waals surface area (Å²) in [5, 5.41) is 3.16. The van der Waals surface area contributed by atoms with Gasteiger partial charge in [-0.25, -0.2) is 0 Å². The Morgan fingerprint density at radius 1 is 1.00 bits per heavy atom. The van der Waals surface area contributed by atoms with Gasteiger partial charge < -0.3 is 19.9 Å². The van der Waals surface area contributed by atoms with Crippen molar-refractivity contribution < 1.29 is 17.9 Å². The van der Waals surface area contributed by atoms with Crippen LogP contribution in [0.4, 0.5) is 0 Å². The van der Waals surface area contributed by atoms with Gasteiger partial charge in [-0.3, -0.25) is 4.79 Å². The molecule has 0 bridgehead atoms. The molecule has 0 radical (unpaired) electrons. The third-order valence-electron chi connectivity index (χ3n) is 5.71. The maximum absolute atomic E-state index is 12.7. The van der Waals surface area contributed by atoms with Gasteiger partial charge in [-0.05, 0) is 58.2 Å². The molecule has 26 heavy (non-hydrogen) atoms. The number of ether oxygens (including phenoxy) is 1. The minimum absolute atomic E-state index is 0.00942. The highest BCUT2D eigenvalue weighted by Crippen LogP contribution is 2.20. The number of likely N-dealkylation sites (tertiary alicyclic amines) is 2. The Balaban J connectivity index is 1.53. The zero-order chi connectivity index (χ0) is 18.4. The summed E-state index contributed by atoms with van der Waals surface area (Å²) in [5.74, 6) is -0.0942. The maximum atomic E-state index is 12.7. The Labute approximate surface area is 157 Å². The van der Waals surface area contributed by atoms with E-state index in [0.717, 1.165) is 64.8 Å². The molecule has 3 aliphatic heterocycles. The summed E-state index contributed by atoms with van der Waals surface area (Å²) in [6.07, 6.45) is 8.57. The highest BCUT2D eigenvalue weighted by Gasteiger charge is 2.31. The SMILES string of the molecule is O=C(COC(C1CCCCN1)=S(=O)=O)N1CCCC1CN1CCCCC1. The van der Waals surface area contributed by atoms with Gasteiger partial charge in [0.05, 0.1) is 6.04 Å². The second-order valence-corrected chi connectivity index (χ2v) is 8.46. The summed E-state index contributed by atoms with van der Waals surface area (Å²) >= 11 is 0. The van der Waals surface area contributed by atoms with Crippen LogP contribution >= 0.6 is 0 Å². The lowest BCUT2D eigenvalue weighted by atomic mass is 10.1. The predicted octanol–water partition coefficient (Wildman–Crippen LogP) is 0.631. The molecule has 3 rings (SSSR count). The molecule has 0 aromatic heterocycles. The lowest BCUT2D eigenvalue weighted by Gasteiger charge is -2.33. The lowest BCUT2D eigenvalue weighted by Crippen LogP contribution is -2.47. The van der Waals surface area contributed by atoms with E-state index in [4.69, 9.17) is 4.74 Å². The Bertz CT molecular complexity index is 602. The molecule has 2 atom stereocenters. The van der Waals surface area contributed by atoms with Gasteiger partial charge in [0.2, 0.25) is 16.2 Å². The minimum Gasteiger partial charge on any atom is -0.336 e. The van der Waals surface area contributed by atoms with E-state index in [9.17, 15) is 13.2 Å². The fourth-order valence-electron chi connectivity index (χ4n) is 4.33. The number of rotatable bonds is 5. The quantitative estimate of drug-likeness (QED) is 0.700. The zero-order valence-corrected chi connectivity index (χ0v) is 16.3. The average Bonchev–Trinajstić information content (AvgIpc) is 3.11. The van der Waals surface area contributed by atoms with E-state index in [1.165, 1.54) is 19.3 Å². The average molecular weight is 386 g/mol. The van der Waals surface area contributed by atoms with E-state index in [2.05, 4.69) is 10.2 Å². The van der Waals surface area contributed by atoms with E-state index in [1.807, 2.05) is 4.90 Å². The number of nitrogens with one attached hydrogen (secondary N) is 1. The first-order chi connectivity index (χ1) is 12.6. The van der Waals surface area contributed by atoms with Gasteiger partial charge in [0.25, 0.3) is 0 Å². The van der Waals surface area contributed by atoms with Crippen molar-refractivity contribution in [2.45, 2.75) is 63.5 Å². The topological polar surface area (TPSA) is 78.9 Å². The normalized spacial score (nSPS) is 27.5. The molecule has 3 aliphatic rings. The van der Waals surface area contributed by atoms with Crippen LogP contribution in [0.5, 0.6) is 0 Å². The first-order valence-electron chi connectivity index (χ1n) is 9.99. The molecule has 1 amide bonds. The van der Waals surface area contributed by atoms with Crippen molar-refractivity contribution in [1.82, 2.24) is 15.1 Å². The molecule has 0 aliphatic carbocycles. The van der Waals surface area contributed by atoms with Crippen molar-refractivity contribution in [3.05, 3.63) is 0 Å². The van der Waals surface area contributed by atoms with Crippen molar-refractivity contribution in [2.24, 2.45) is 0 Å². The molecule has 3 heterocycles. The van der Waals surface area contributed by atoms with Gasteiger partial charge in [0.1, 0.15) is 6.61 Å². The van der Waals surface area contributed by atoms with E-state index >= 15 is 0 Å². The van der Waals surface area contributed by atoms with Gasteiger partial charge in [0.15, 0.2) is 5.05 Å². The zero-order valence-electron chi connectivity index (χ0n) is 15.5. The molecule has 0 aromatic carbocycles. The molecule has 0 aromatic rings. The van der Waals surface area contributed by atoms with Crippen LogP contribution in [0, 0.1) is 0 Å². The first-order valence-corrected chi connectivity index (χ1v) is 11.1. The highest BCUT2D eigenvalue weighted by atomic mass is 32.2. The number of carbonyl (C=O) groups excluding carboxylic acids is 1. The summed E-state index contributed by atoms with van der Waals surface area (Å²) in [7, 11) is -2.43. The fraction of sp³-hybridized carbons (Fsp3) is 0.889. The summed E-state index contributed by atoms with van der Waals surface area (Å²) in [6, 6.07) is -0.0594. The Morgan fingerprint density at radius 2 is 1.81 bits per heavy atom. The Kier molecular flexibility index (Phi) is 7.48. The molecule has 3 saturated heterocycles. The Hall–Kier alpha value is -0.960. The number of nitrogens with zero attached hydrogens (tertiary/aromatic N) is 2. The van der Waals surface area contributed by atoms with Crippen molar-refractivity contribution in [2.75, 3.05) is 39.3 Å². The maximum Gasteiger partial charge on any atom is 0.249 e. The molecule has 0 spiro atoms. The second-order valence-electron chi connectivity index (χ2n) is 7.59. The van der Waals surface area contributed by atoms with Crippen molar-refractivity contribution in [1.29, 1.82) is 0 Å². The molecular weight excluding hydrogens is 354 g/mol. The van der Waals surface area contributed by atoms with Crippen molar-refractivity contribution in [3.63, 3.8) is 0 Å². The van der Waals surface area contributed by atoms with Crippen LogP contribution in [-0.4, -0.2) is 80.6 Å². The van der Waals surface area contributed by atoms with Crippen LogP contribution in [0.1, 0.15) is 51.4 Å². The number of piperidine rings is 2. The van der Waals surface area contributed by atoms with Crippen LogP contribution < -0.4 is 5.32 Å². The molecule has 8 heteroatoms.